The molecule has 0 aromatic heterocycles. The molecule has 1 saturated heterocycles. The van der Waals surface area contributed by atoms with Gasteiger partial charge in [0.25, 0.3) is 0 Å². The monoisotopic (exact) mass is 364 g/mol. The number of hydrogen-bond donors (Lipinski definition) is 1. The second-order valence-corrected chi connectivity index (χ2v) is 6.76. The Bertz CT molecular complexity index is 769. The number of piperidine rings is 1. The molecule has 6 heteroatoms. The van der Waals surface area contributed by atoms with Crippen LogP contribution in [0.5, 0.6) is 0 Å². The molecular weight excluding hydrogens is 346 g/mol. The van der Waals surface area contributed by atoms with Gasteiger partial charge >= 0.3 is 0 Å². The highest BCUT2D eigenvalue weighted by Crippen LogP contribution is 2.22. The zero-order chi connectivity index (χ0) is 17.8. The molecule has 1 amide bonds. The van der Waals surface area contributed by atoms with Crippen molar-refractivity contribution in [1.82, 2.24) is 4.90 Å². The lowest BCUT2D eigenvalue weighted by molar-refractivity contribution is -0.121. The summed E-state index contributed by atoms with van der Waals surface area (Å²) in [6, 6.07) is 11.1. The standard InChI is InChI=1S/C19H19ClF2N2O/c20-15-5-1-3-13(9-15)11-24-8-2-4-14(12-24)19(25)23-16-6-7-17(21)18(22)10-16/h1,3,5-7,9-10,14H,2,4,8,11-12H2,(H,23,25). The highest BCUT2D eigenvalue weighted by atomic mass is 35.5. The lowest BCUT2D eigenvalue weighted by Gasteiger charge is -2.32. The number of nitrogens with zero attached hydrogens (tertiary/aromatic N) is 1. The van der Waals surface area contributed by atoms with Gasteiger partial charge in [-0.2, -0.15) is 0 Å². The van der Waals surface area contributed by atoms with Crippen molar-refractivity contribution >= 4 is 23.2 Å². The normalized spacial score (nSPS) is 18.1. The van der Waals surface area contributed by atoms with Crippen molar-refractivity contribution in [3.05, 3.63) is 64.7 Å². The Morgan fingerprint density at radius 1 is 1.20 bits per heavy atom. The van der Waals surface area contributed by atoms with E-state index in [4.69, 9.17) is 11.6 Å². The molecule has 1 N–H and O–H groups in total. The Labute approximate surface area is 150 Å². The summed E-state index contributed by atoms with van der Waals surface area (Å²) in [5.41, 5.74) is 1.38. The molecular formula is C19H19ClF2N2O. The van der Waals surface area contributed by atoms with Crippen LogP contribution in [0.1, 0.15) is 18.4 Å². The molecule has 0 radical (unpaired) electrons. The van der Waals surface area contributed by atoms with Crippen LogP contribution in [0.2, 0.25) is 5.02 Å². The number of nitrogens with one attached hydrogen (secondary N) is 1. The van der Waals surface area contributed by atoms with E-state index in [0.717, 1.165) is 43.6 Å². The van der Waals surface area contributed by atoms with E-state index in [1.54, 1.807) is 0 Å². The number of likely N-dealkylation sites (tertiary alicyclic amines) is 1. The fourth-order valence-electron chi connectivity index (χ4n) is 3.12. The van der Waals surface area contributed by atoms with Gasteiger partial charge in [-0.3, -0.25) is 9.69 Å². The lowest BCUT2D eigenvalue weighted by atomic mass is 9.96. The van der Waals surface area contributed by atoms with Gasteiger partial charge in [0.2, 0.25) is 5.91 Å². The number of halogens is 3. The Balaban J connectivity index is 1.60. The zero-order valence-corrected chi connectivity index (χ0v) is 14.4. The van der Waals surface area contributed by atoms with Crippen molar-refractivity contribution < 1.29 is 13.6 Å². The van der Waals surface area contributed by atoms with Crippen LogP contribution in [0.15, 0.2) is 42.5 Å². The van der Waals surface area contributed by atoms with Crippen molar-refractivity contribution in [1.29, 1.82) is 0 Å². The van der Waals surface area contributed by atoms with Crippen molar-refractivity contribution in [2.45, 2.75) is 19.4 Å². The molecule has 0 bridgehead atoms. The first-order valence-electron chi connectivity index (χ1n) is 8.24. The third-order valence-electron chi connectivity index (χ3n) is 4.36. The molecule has 1 heterocycles. The van der Waals surface area contributed by atoms with Gasteiger partial charge in [0, 0.05) is 29.9 Å². The molecule has 2 aromatic rings. The van der Waals surface area contributed by atoms with Crippen LogP contribution in [0.4, 0.5) is 14.5 Å². The van der Waals surface area contributed by atoms with E-state index in [-0.39, 0.29) is 17.5 Å². The van der Waals surface area contributed by atoms with Crippen molar-refractivity contribution in [3.8, 4) is 0 Å². The smallest absolute Gasteiger partial charge is 0.228 e. The molecule has 1 aliphatic heterocycles. The van der Waals surface area contributed by atoms with Crippen LogP contribution < -0.4 is 5.32 Å². The number of amides is 1. The molecule has 1 unspecified atom stereocenters. The molecule has 1 fully saturated rings. The maximum Gasteiger partial charge on any atom is 0.228 e. The second kappa shape index (κ2) is 7.93. The van der Waals surface area contributed by atoms with Gasteiger partial charge in [0.15, 0.2) is 11.6 Å². The minimum absolute atomic E-state index is 0.165. The maximum atomic E-state index is 13.3. The average Bonchev–Trinajstić information content (AvgIpc) is 2.58. The molecule has 3 rings (SSSR count). The summed E-state index contributed by atoms with van der Waals surface area (Å²) in [6.07, 6.45) is 1.69. The fraction of sp³-hybridized carbons (Fsp3) is 0.316. The third-order valence-corrected chi connectivity index (χ3v) is 4.59. The van der Waals surface area contributed by atoms with E-state index < -0.39 is 11.6 Å². The molecule has 132 valence electrons. The predicted molar refractivity (Wildman–Crippen MR) is 94.4 cm³/mol. The summed E-state index contributed by atoms with van der Waals surface area (Å²) in [4.78, 5) is 14.7. The molecule has 1 atom stereocenters. The summed E-state index contributed by atoms with van der Waals surface area (Å²) in [7, 11) is 0. The van der Waals surface area contributed by atoms with Crippen LogP contribution in [0.3, 0.4) is 0 Å². The van der Waals surface area contributed by atoms with Gasteiger partial charge in [-0.15, -0.1) is 0 Å². The van der Waals surface area contributed by atoms with E-state index in [0.29, 0.717) is 11.6 Å². The first-order valence-corrected chi connectivity index (χ1v) is 8.62. The highest BCUT2D eigenvalue weighted by Gasteiger charge is 2.26. The lowest BCUT2D eigenvalue weighted by Crippen LogP contribution is -2.40. The zero-order valence-electron chi connectivity index (χ0n) is 13.6. The van der Waals surface area contributed by atoms with Gasteiger partial charge in [0.05, 0.1) is 5.92 Å². The van der Waals surface area contributed by atoms with E-state index in [1.807, 2.05) is 24.3 Å². The topological polar surface area (TPSA) is 32.3 Å². The minimum Gasteiger partial charge on any atom is -0.326 e. The van der Waals surface area contributed by atoms with E-state index in [1.165, 1.54) is 6.07 Å². The number of hydrogen-bond acceptors (Lipinski definition) is 2. The molecule has 2 aromatic carbocycles. The molecule has 0 spiro atoms. The van der Waals surface area contributed by atoms with Gasteiger partial charge in [-0.05, 0) is 49.2 Å². The summed E-state index contributed by atoms with van der Waals surface area (Å²) in [5.74, 6) is -2.24. The number of anilines is 1. The quantitative estimate of drug-likeness (QED) is 0.868. The van der Waals surface area contributed by atoms with Crippen LogP contribution >= 0.6 is 11.6 Å². The van der Waals surface area contributed by atoms with Crippen LogP contribution in [0.25, 0.3) is 0 Å². The SMILES string of the molecule is O=C(Nc1ccc(F)c(F)c1)C1CCCN(Cc2cccc(Cl)c2)C1. The van der Waals surface area contributed by atoms with Gasteiger partial charge in [-0.1, -0.05) is 23.7 Å². The van der Waals surface area contributed by atoms with E-state index >= 15 is 0 Å². The Morgan fingerprint density at radius 3 is 2.80 bits per heavy atom. The van der Waals surface area contributed by atoms with E-state index in [9.17, 15) is 13.6 Å². The summed E-state index contributed by atoms with van der Waals surface area (Å²) < 4.78 is 26.2. The number of carbonyl (C=O) groups is 1. The molecule has 0 saturated carbocycles. The first-order chi connectivity index (χ1) is 12.0. The summed E-state index contributed by atoms with van der Waals surface area (Å²) >= 11 is 6.02. The Kier molecular flexibility index (Phi) is 5.66. The van der Waals surface area contributed by atoms with Crippen LogP contribution in [-0.4, -0.2) is 23.9 Å². The van der Waals surface area contributed by atoms with Crippen LogP contribution in [0, 0.1) is 17.6 Å². The number of benzene rings is 2. The second-order valence-electron chi connectivity index (χ2n) is 6.32. The summed E-state index contributed by atoms with van der Waals surface area (Å²) in [5, 5.41) is 3.38. The van der Waals surface area contributed by atoms with E-state index in [2.05, 4.69) is 10.2 Å². The van der Waals surface area contributed by atoms with Crippen molar-refractivity contribution in [2.75, 3.05) is 18.4 Å². The van der Waals surface area contributed by atoms with Crippen LogP contribution in [-0.2, 0) is 11.3 Å². The maximum absolute atomic E-state index is 13.3. The van der Waals surface area contributed by atoms with Gasteiger partial charge < -0.3 is 5.32 Å². The first kappa shape index (κ1) is 17.8. The Morgan fingerprint density at radius 2 is 2.04 bits per heavy atom. The number of carbonyl (C=O) groups excluding carboxylic acids is 1. The highest BCUT2D eigenvalue weighted by molar-refractivity contribution is 6.30. The van der Waals surface area contributed by atoms with Crippen molar-refractivity contribution in [3.63, 3.8) is 0 Å². The molecule has 3 nitrogen and oxygen atoms in total. The Hall–Kier alpha value is -1.98. The molecule has 0 aliphatic carbocycles. The fourth-order valence-corrected chi connectivity index (χ4v) is 3.34. The molecule has 1 aliphatic rings. The minimum atomic E-state index is -0.968. The predicted octanol–water partition coefficient (Wildman–Crippen LogP) is 4.47. The largest absolute Gasteiger partial charge is 0.326 e. The van der Waals surface area contributed by atoms with Gasteiger partial charge in [-0.25, -0.2) is 8.78 Å². The molecule has 25 heavy (non-hydrogen) atoms. The van der Waals surface area contributed by atoms with Crippen molar-refractivity contribution in [2.24, 2.45) is 5.92 Å². The third kappa shape index (κ3) is 4.77. The number of rotatable bonds is 4. The summed E-state index contributed by atoms with van der Waals surface area (Å²) in [6.45, 7) is 2.28. The van der Waals surface area contributed by atoms with Gasteiger partial charge in [0.1, 0.15) is 0 Å². The average molecular weight is 365 g/mol.